The zero-order chi connectivity index (χ0) is 31.5. The Bertz CT molecular complexity index is 1090. The van der Waals surface area contributed by atoms with Crippen LogP contribution >= 0.6 is 0 Å². The van der Waals surface area contributed by atoms with E-state index in [2.05, 4.69) is 31.9 Å². The maximum absolute atomic E-state index is 12.5. The summed E-state index contributed by atoms with van der Waals surface area (Å²) in [5, 5.41) is 24.6. The van der Waals surface area contributed by atoms with Crippen LogP contribution in [0.25, 0.3) is 0 Å². The van der Waals surface area contributed by atoms with Gasteiger partial charge in [-0.1, -0.05) is 12.1 Å². The van der Waals surface area contributed by atoms with Crippen molar-refractivity contribution in [3.05, 3.63) is 29.8 Å². The van der Waals surface area contributed by atoms with Gasteiger partial charge in [0.15, 0.2) is 0 Å². The van der Waals surface area contributed by atoms with Crippen LogP contribution in [0.5, 0.6) is 0 Å². The van der Waals surface area contributed by atoms with Gasteiger partial charge in [0.05, 0.1) is 6.42 Å². The predicted molar refractivity (Wildman–Crippen MR) is 154 cm³/mol. The molecule has 0 aliphatic heterocycles. The number of amides is 6. The van der Waals surface area contributed by atoms with Crippen LogP contribution in [0.15, 0.2) is 24.3 Å². The monoisotopic (exact) mass is 590 g/mol. The van der Waals surface area contributed by atoms with Gasteiger partial charge in [0.25, 0.3) is 0 Å². The number of rotatable bonds is 19. The summed E-state index contributed by atoms with van der Waals surface area (Å²) < 4.78 is 0. The van der Waals surface area contributed by atoms with Gasteiger partial charge in [-0.15, -0.1) is 0 Å². The molecule has 7 N–H and O–H groups in total. The molecular formula is C28H42N6O8. The van der Waals surface area contributed by atoms with Crippen LogP contribution in [0, 0.1) is 0 Å². The van der Waals surface area contributed by atoms with E-state index in [1.807, 2.05) is 0 Å². The molecule has 232 valence electrons. The maximum atomic E-state index is 12.5. The fraction of sp³-hybridized carbons (Fsp3) is 0.536. The molecule has 0 saturated carbocycles. The molecule has 0 aliphatic rings. The van der Waals surface area contributed by atoms with Crippen molar-refractivity contribution in [2.45, 2.75) is 77.8 Å². The Kier molecular flexibility index (Phi) is 16.6. The third-order valence-corrected chi connectivity index (χ3v) is 5.89. The van der Waals surface area contributed by atoms with Crippen molar-refractivity contribution in [1.29, 1.82) is 0 Å². The van der Waals surface area contributed by atoms with E-state index < -0.39 is 29.9 Å². The maximum Gasteiger partial charge on any atom is 0.325 e. The van der Waals surface area contributed by atoms with E-state index in [1.54, 1.807) is 24.3 Å². The second-order valence-electron chi connectivity index (χ2n) is 9.78. The van der Waals surface area contributed by atoms with Gasteiger partial charge < -0.3 is 37.0 Å². The van der Waals surface area contributed by atoms with Gasteiger partial charge >= 0.3 is 5.97 Å². The Morgan fingerprint density at radius 1 is 0.714 bits per heavy atom. The predicted octanol–water partition coefficient (Wildman–Crippen LogP) is -0.0293. The number of carbonyl (C=O) groups is 7. The number of hydrogen-bond donors (Lipinski definition) is 7. The zero-order valence-corrected chi connectivity index (χ0v) is 24.3. The van der Waals surface area contributed by atoms with E-state index >= 15 is 0 Å². The second kappa shape index (κ2) is 19.6. The van der Waals surface area contributed by atoms with E-state index in [4.69, 9.17) is 5.11 Å². The van der Waals surface area contributed by atoms with Crippen molar-refractivity contribution < 1.29 is 38.7 Å². The first-order chi connectivity index (χ1) is 19.9. The lowest BCUT2D eigenvalue weighted by molar-refractivity contribution is -0.141. The Morgan fingerprint density at radius 2 is 1.36 bits per heavy atom. The molecule has 2 atom stereocenters. The van der Waals surface area contributed by atoms with Gasteiger partial charge in [-0.05, 0) is 50.3 Å². The summed E-state index contributed by atoms with van der Waals surface area (Å²) in [6, 6.07) is 4.80. The highest BCUT2D eigenvalue weighted by atomic mass is 16.4. The van der Waals surface area contributed by atoms with Gasteiger partial charge in [0.2, 0.25) is 35.4 Å². The minimum absolute atomic E-state index is 0.0356. The Hall–Kier alpha value is -4.49. The van der Waals surface area contributed by atoms with Crippen LogP contribution in [0.3, 0.4) is 0 Å². The highest BCUT2D eigenvalue weighted by molar-refractivity contribution is 5.90. The molecule has 0 aromatic heterocycles. The molecule has 6 amide bonds. The minimum atomic E-state index is -1.21. The summed E-state index contributed by atoms with van der Waals surface area (Å²) in [7, 11) is 0. The SMILES string of the molecule is CC(=O)NCCCC[C@H](NC(=O)CCNC(=O)CCCNC(=O)Cc1ccc(NC(C)=O)cc1)C(=O)N[C@H](C)C(=O)O. The summed E-state index contributed by atoms with van der Waals surface area (Å²) in [4.78, 5) is 82.3. The molecule has 1 aromatic rings. The molecule has 0 saturated heterocycles. The molecule has 0 fully saturated rings. The Labute approximate surface area is 245 Å². The topological polar surface area (TPSA) is 212 Å². The molecule has 14 heteroatoms. The number of benzene rings is 1. The van der Waals surface area contributed by atoms with Crippen molar-refractivity contribution in [2.24, 2.45) is 0 Å². The number of carboxylic acid groups (broad SMARTS) is 1. The van der Waals surface area contributed by atoms with Crippen LogP contribution in [0.2, 0.25) is 0 Å². The summed E-state index contributed by atoms with van der Waals surface area (Å²) in [5.41, 5.74) is 1.42. The largest absolute Gasteiger partial charge is 0.480 e. The number of unbranched alkanes of at least 4 members (excludes halogenated alkanes) is 1. The van der Waals surface area contributed by atoms with Crippen LogP contribution in [0.1, 0.15) is 64.9 Å². The molecule has 0 unspecified atom stereocenters. The fourth-order valence-electron chi connectivity index (χ4n) is 3.69. The first-order valence-corrected chi connectivity index (χ1v) is 13.8. The molecule has 1 aromatic carbocycles. The lowest BCUT2D eigenvalue weighted by atomic mass is 10.1. The summed E-state index contributed by atoms with van der Waals surface area (Å²) in [6.45, 7) is 4.85. The number of anilines is 1. The van der Waals surface area contributed by atoms with Crippen LogP contribution in [-0.2, 0) is 40.0 Å². The van der Waals surface area contributed by atoms with Crippen molar-refractivity contribution in [2.75, 3.05) is 25.0 Å². The van der Waals surface area contributed by atoms with Crippen molar-refractivity contribution in [1.82, 2.24) is 26.6 Å². The molecule has 0 radical (unpaired) electrons. The van der Waals surface area contributed by atoms with E-state index in [9.17, 15) is 33.6 Å². The van der Waals surface area contributed by atoms with Gasteiger partial charge in [-0.2, -0.15) is 0 Å². The van der Waals surface area contributed by atoms with Gasteiger partial charge in [0.1, 0.15) is 12.1 Å². The molecule has 0 heterocycles. The number of carboxylic acids is 1. The zero-order valence-electron chi connectivity index (χ0n) is 24.3. The lowest BCUT2D eigenvalue weighted by Gasteiger charge is -2.20. The average molecular weight is 591 g/mol. The van der Waals surface area contributed by atoms with E-state index in [-0.39, 0.29) is 55.9 Å². The molecule has 14 nitrogen and oxygen atoms in total. The Morgan fingerprint density at radius 3 is 1.98 bits per heavy atom. The molecule has 42 heavy (non-hydrogen) atoms. The molecule has 1 rings (SSSR count). The lowest BCUT2D eigenvalue weighted by Crippen LogP contribution is -2.51. The molecule has 0 spiro atoms. The summed E-state index contributed by atoms with van der Waals surface area (Å²) in [5.74, 6) is -3.20. The molecular weight excluding hydrogens is 548 g/mol. The Balaban J connectivity index is 2.34. The standard InChI is InChI=1S/C28H42N6O8/c1-18(28(41)42)32-27(40)23(7-4-5-14-29-19(2)35)34-25(38)13-16-31-24(37)8-6-15-30-26(39)17-21-9-11-22(12-10-21)33-20(3)36/h9-12,18,23H,4-8,13-17H2,1-3H3,(H,29,35)(H,30,39)(H,31,37)(H,32,40)(H,33,36)(H,34,38)(H,41,42)/t18-,23+/m1/s1. The van der Waals surface area contributed by atoms with Crippen molar-refractivity contribution in [3.8, 4) is 0 Å². The number of carbonyl (C=O) groups excluding carboxylic acids is 6. The highest BCUT2D eigenvalue weighted by Gasteiger charge is 2.24. The van der Waals surface area contributed by atoms with E-state index in [1.165, 1.54) is 20.8 Å². The van der Waals surface area contributed by atoms with Crippen molar-refractivity contribution in [3.63, 3.8) is 0 Å². The minimum Gasteiger partial charge on any atom is -0.480 e. The normalized spacial score (nSPS) is 11.8. The van der Waals surface area contributed by atoms with Gasteiger partial charge in [-0.25, -0.2) is 0 Å². The number of aliphatic carboxylic acids is 1. The third kappa shape index (κ3) is 16.6. The quantitative estimate of drug-likeness (QED) is 0.108. The third-order valence-electron chi connectivity index (χ3n) is 5.89. The molecule has 0 bridgehead atoms. The van der Waals surface area contributed by atoms with E-state index in [0.717, 1.165) is 5.56 Å². The second-order valence-corrected chi connectivity index (χ2v) is 9.78. The highest BCUT2D eigenvalue weighted by Crippen LogP contribution is 2.10. The first-order valence-electron chi connectivity index (χ1n) is 13.8. The summed E-state index contributed by atoms with van der Waals surface area (Å²) in [6.07, 6.45) is 1.91. The number of hydrogen-bond acceptors (Lipinski definition) is 7. The van der Waals surface area contributed by atoms with Crippen molar-refractivity contribution >= 4 is 47.1 Å². The van der Waals surface area contributed by atoms with Crippen LogP contribution in [-0.4, -0.2) is 78.2 Å². The summed E-state index contributed by atoms with van der Waals surface area (Å²) >= 11 is 0. The van der Waals surface area contributed by atoms with Gasteiger partial charge in [-0.3, -0.25) is 33.6 Å². The fourth-order valence-corrected chi connectivity index (χ4v) is 3.69. The van der Waals surface area contributed by atoms with E-state index in [0.29, 0.717) is 38.0 Å². The molecule has 0 aliphatic carbocycles. The first kappa shape index (κ1) is 35.5. The average Bonchev–Trinajstić information content (AvgIpc) is 2.90. The smallest absolute Gasteiger partial charge is 0.325 e. The van der Waals surface area contributed by atoms with Crippen LogP contribution in [0.4, 0.5) is 5.69 Å². The van der Waals surface area contributed by atoms with Crippen LogP contribution < -0.4 is 31.9 Å². The van der Waals surface area contributed by atoms with Gasteiger partial charge in [0, 0.05) is 52.0 Å². The number of nitrogens with one attached hydrogen (secondary N) is 6.